The van der Waals surface area contributed by atoms with E-state index in [1.807, 2.05) is 0 Å². The van der Waals surface area contributed by atoms with Crippen molar-refractivity contribution in [1.29, 1.82) is 0 Å². The molecule has 168 valence electrons. The highest BCUT2D eigenvalue weighted by Gasteiger charge is 2.40. The van der Waals surface area contributed by atoms with E-state index in [9.17, 15) is 8.78 Å². The number of nitrogens with zero attached hydrogens (tertiary/aromatic N) is 1. The second-order valence-corrected chi connectivity index (χ2v) is 10.2. The maximum Gasteiger partial charge on any atom is 0.248 e. The molecule has 0 aromatic heterocycles. The van der Waals surface area contributed by atoms with Gasteiger partial charge in [0.2, 0.25) is 5.92 Å². The fraction of sp³-hybridized carbons (Fsp3) is 0.750. The van der Waals surface area contributed by atoms with Crippen molar-refractivity contribution >= 4 is 0 Å². The lowest BCUT2D eigenvalue weighted by Gasteiger charge is -2.44. The number of alkyl halides is 2. The number of halogens is 2. The van der Waals surface area contributed by atoms with E-state index in [0.29, 0.717) is 30.6 Å². The van der Waals surface area contributed by atoms with Gasteiger partial charge in [-0.2, -0.15) is 0 Å². The van der Waals surface area contributed by atoms with Gasteiger partial charge in [-0.1, -0.05) is 0 Å². The zero-order valence-electron chi connectivity index (χ0n) is 18.7. The first-order valence-corrected chi connectivity index (χ1v) is 11.3. The van der Waals surface area contributed by atoms with Crippen LogP contribution in [0, 0.1) is 5.92 Å². The molecule has 1 aliphatic carbocycles. The van der Waals surface area contributed by atoms with Crippen LogP contribution in [-0.2, 0) is 11.2 Å². The molecule has 2 fully saturated rings. The number of hydrogen-bond acceptors (Lipinski definition) is 4. The number of benzene rings is 1. The monoisotopic (exact) mass is 423 g/mol. The highest BCUT2D eigenvalue weighted by Crippen LogP contribution is 2.43. The first kappa shape index (κ1) is 21.8. The van der Waals surface area contributed by atoms with E-state index < -0.39 is 5.92 Å². The molecule has 0 bridgehead atoms. The van der Waals surface area contributed by atoms with Gasteiger partial charge in [0, 0.05) is 32.0 Å². The molecule has 3 aliphatic rings. The van der Waals surface area contributed by atoms with Crippen molar-refractivity contribution < 1.29 is 23.0 Å². The third kappa shape index (κ3) is 4.91. The molecule has 0 amide bonds. The molecule has 4 rings (SSSR count). The number of piperidine rings is 1. The Labute approximate surface area is 178 Å². The van der Waals surface area contributed by atoms with Gasteiger partial charge in [0.1, 0.15) is 0 Å². The second-order valence-electron chi connectivity index (χ2n) is 10.2. The van der Waals surface area contributed by atoms with Crippen LogP contribution in [0.1, 0.15) is 70.0 Å². The Morgan fingerprint density at radius 3 is 2.60 bits per heavy atom. The molecular formula is C24H35F2NO3. The summed E-state index contributed by atoms with van der Waals surface area (Å²) in [5.74, 6) is -1.24. The van der Waals surface area contributed by atoms with Crippen molar-refractivity contribution in [2.75, 3.05) is 26.8 Å². The van der Waals surface area contributed by atoms with Gasteiger partial charge in [-0.3, -0.25) is 4.90 Å². The second kappa shape index (κ2) is 8.27. The van der Waals surface area contributed by atoms with Gasteiger partial charge in [0.25, 0.3) is 0 Å². The van der Waals surface area contributed by atoms with E-state index in [1.165, 1.54) is 11.1 Å². The van der Waals surface area contributed by atoms with E-state index >= 15 is 0 Å². The van der Waals surface area contributed by atoms with Crippen LogP contribution in [0.15, 0.2) is 12.1 Å². The van der Waals surface area contributed by atoms with Crippen molar-refractivity contribution in [3.63, 3.8) is 0 Å². The molecule has 2 aliphatic heterocycles. The summed E-state index contributed by atoms with van der Waals surface area (Å²) in [6, 6.07) is 4.57. The van der Waals surface area contributed by atoms with Crippen LogP contribution in [0.3, 0.4) is 0 Å². The molecule has 1 saturated heterocycles. The van der Waals surface area contributed by atoms with Crippen molar-refractivity contribution in [2.24, 2.45) is 5.92 Å². The Morgan fingerprint density at radius 2 is 1.93 bits per heavy atom. The van der Waals surface area contributed by atoms with Crippen molar-refractivity contribution in [3.8, 4) is 11.5 Å². The first-order valence-electron chi connectivity index (χ1n) is 11.3. The fourth-order valence-corrected chi connectivity index (χ4v) is 5.27. The molecule has 2 heterocycles. The van der Waals surface area contributed by atoms with E-state index in [1.54, 1.807) is 7.11 Å². The lowest BCUT2D eigenvalue weighted by Crippen LogP contribution is -2.47. The van der Waals surface area contributed by atoms with E-state index in [-0.39, 0.29) is 30.5 Å². The molecule has 4 nitrogen and oxygen atoms in total. The average molecular weight is 424 g/mol. The molecule has 0 N–H and O–H groups in total. The van der Waals surface area contributed by atoms with Crippen molar-refractivity contribution in [3.05, 3.63) is 23.3 Å². The zero-order valence-corrected chi connectivity index (χ0v) is 18.7. The predicted molar refractivity (Wildman–Crippen MR) is 113 cm³/mol. The molecule has 0 spiro atoms. The molecule has 6 heteroatoms. The molecule has 3 unspecified atom stereocenters. The molecular weight excluding hydrogens is 388 g/mol. The third-order valence-corrected chi connectivity index (χ3v) is 6.59. The Kier molecular flexibility index (Phi) is 6.01. The standard InChI is InChI=1S/C24H35F2NO3/c1-23(2,3)30-18-5-6-20-19-12-21(28-4)22(11-17(19)8-10-27(20)14-18)29-15-16-7-9-24(25,26)13-16/h11-12,16,18,20H,5-10,13-15H2,1-4H3. The van der Waals surface area contributed by atoms with E-state index in [2.05, 4.69) is 37.8 Å². The normalized spacial score (nSPS) is 28.7. The largest absolute Gasteiger partial charge is 0.493 e. The summed E-state index contributed by atoms with van der Waals surface area (Å²) in [7, 11) is 1.65. The number of methoxy groups -OCH3 is 1. The number of rotatable bonds is 5. The van der Waals surface area contributed by atoms with Gasteiger partial charge in [-0.15, -0.1) is 0 Å². The van der Waals surface area contributed by atoms with Gasteiger partial charge in [-0.25, -0.2) is 8.78 Å². The Bertz CT molecular complexity index is 762. The highest BCUT2D eigenvalue weighted by molar-refractivity contribution is 5.49. The van der Waals surface area contributed by atoms with Crippen molar-refractivity contribution in [1.82, 2.24) is 4.90 Å². The van der Waals surface area contributed by atoms with Gasteiger partial charge in [0.15, 0.2) is 11.5 Å². The summed E-state index contributed by atoms with van der Waals surface area (Å²) in [6.07, 6.45) is 3.76. The van der Waals surface area contributed by atoms with Crippen LogP contribution < -0.4 is 9.47 Å². The molecule has 30 heavy (non-hydrogen) atoms. The average Bonchev–Trinajstić information content (AvgIpc) is 3.02. The Hall–Kier alpha value is -1.40. The molecule has 3 atom stereocenters. The van der Waals surface area contributed by atoms with Gasteiger partial charge >= 0.3 is 0 Å². The Morgan fingerprint density at radius 1 is 1.13 bits per heavy atom. The smallest absolute Gasteiger partial charge is 0.248 e. The lowest BCUT2D eigenvalue weighted by atomic mass is 9.85. The van der Waals surface area contributed by atoms with Crippen molar-refractivity contribution in [2.45, 2.75) is 83.0 Å². The quantitative estimate of drug-likeness (QED) is 0.636. The summed E-state index contributed by atoms with van der Waals surface area (Å²) < 4.78 is 44.8. The van der Waals surface area contributed by atoms with Gasteiger partial charge in [-0.05, 0) is 75.6 Å². The first-order chi connectivity index (χ1) is 14.1. The molecule has 1 saturated carbocycles. The summed E-state index contributed by atoms with van der Waals surface area (Å²) in [6.45, 7) is 8.63. The SMILES string of the molecule is COc1cc2c(cc1OCC1CCC(F)(F)C1)CCN1CC(OC(C)(C)C)CCC21. The predicted octanol–water partition coefficient (Wildman–Crippen LogP) is 5.39. The van der Waals surface area contributed by atoms with Crippen LogP contribution in [0.2, 0.25) is 0 Å². The topological polar surface area (TPSA) is 30.9 Å². The highest BCUT2D eigenvalue weighted by atomic mass is 19.3. The van der Waals surface area contributed by atoms with Crippen LogP contribution in [0.25, 0.3) is 0 Å². The number of hydrogen-bond donors (Lipinski definition) is 0. The van der Waals surface area contributed by atoms with Crippen LogP contribution in [0.5, 0.6) is 11.5 Å². The van der Waals surface area contributed by atoms with Gasteiger partial charge in [0.05, 0.1) is 25.4 Å². The fourth-order valence-electron chi connectivity index (χ4n) is 5.27. The summed E-state index contributed by atoms with van der Waals surface area (Å²) in [5, 5.41) is 0. The van der Waals surface area contributed by atoms with E-state index in [0.717, 1.165) is 32.4 Å². The minimum atomic E-state index is -2.53. The lowest BCUT2D eigenvalue weighted by molar-refractivity contribution is -0.0971. The summed E-state index contributed by atoms with van der Waals surface area (Å²) in [4.78, 5) is 2.53. The maximum atomic E-state index is 13.5. The zero-order chi connectivity index (χ0) is 21.5. The molecule has 0 radical (unpaired) electrons. The summed E-state index contributed by atoms with van der Waals surface area (Å²) in [5.41, 5.74) is 2.48. The van der Waals surface area contributed by atoms with Crippen LogP contribution in [-0.4, -0.2) is 49.3 Å². The third-order valence-electron chi connectivity index (χ3n) is 6.59. The minimum Gasteiger partial charge on any atom is -0.493 e. The maximum absolute atomic E-state index is 13.5. The number of fused-ring (bicyclic) bond motifs is 3. The van der Waals surface area contributed by atoms with E-state index in [4.69, 9.17) is 14.2 Å². The molecule has 1 aromatic rings. The summed E-state index contributed by atoms with van der Waals surface area (Å²) >= 11 is 0. The van der Waals surface area contributed by atoms with Gasteiger partial charge < -0.3 is 14.2 Å². The number of ether oxygens (including phenoxy) is 3. The Balaban J connectivity index is 1.45. The molecule has 1 aromatic carbocycles. The van der Waals surface area contributed by atoms with Crippen LogP contribution >= 0.6 is 0 Å². The van der Waals surface area contributed by atoms with Crippen LogP contribution in [0.4, 0.5) is 8.78 Å². The minimum absolute atomic E-state index is 0.0280.